The third kappa shape index (κ3) is 6.91. The van der Waals surface area contributed by atoms with Crippen LogP contribution in [0.2, 0.25) is 25.7 Å². The fourth-order valence-corrected chi connectivity index (χ4v) is 4.54. The molecule has 1 aromatic heterocycles. The number of aromatic nitrogens is 2. The number of nitrogens with zero attached hydrogens (tertiary/aromatic N) is 2. The van der Waals surface area contributed by atoms with Crippen molar-refractivity contribution in [3.05, 3.63) is 30.2 Å². The van der Waals surface area contributed by atoms with Crippen LogP contribution in [0.3, 0.4) is 0 Å². The van der Waals surface area contributed by atoms with Crippen molar-refractivity contribution in [1.82, 2.24) is 9.55 Å². The average molecular weight is 488 g/mol. The van der Waals surface area contributed by atoms with Crippen LogP contribution in [-0.4, -0.2) is 43.3 Å². The average Bonchev–Trinajstić information content (AvgIpc) is 3.19. The first kappa shape index (κ1) is 25.9. The molecule has 2 aromatic rings. The van der Waals surface area contributed by atoms with Gasteiger partial charge >= 0.3 is 6.09 Å². The third-order valence-corrected chi connectivity index (χ3v) is 7.65. The van der Waals surface area contributed by atoms with E-state index >= 15 is 0 Å². The zero-order valence-corrected chi connectivity index (χ0v) is 21.8. The molecule has 0 radical (unpaired) electrons. The lowest BCUT2D eigenvalue weighted by Gasteiger charge is -2.18. The van der Waals surface area contributed by atoms with Gasteiger partial charge in [-0.1, -0.05) is 33.0 Å². The molecule has 34 heavy (non-hydrogen) atoms. The second kappa shape index (κ2) is 11.2. The summed E-state index contributed by atoms with van der Waals surface area (Å²) in [7, 11) is 0.113. The van der Waals surface area contributed by atoms with Crippen LogP contribution < -0.4 is 16.4 Å². The number of hydrogen-bond acceptors (Lipinski definition) is 6. The lowest BCUT2D eigenvalue weighted by Crippen LogP contribution is -2.23. The lowest BCUT2D eigenvalue weighted by molar-refractivity contribution is -0.119. The zero-order valence-electron chi connectivity index (χ0n) is 20.8. The highest BCUT2D eigenvalue weighted by Gasteiger charge is 2.23. The van der Waals surface area contributed by atoms with Gasteiger partial charge in [-0.05, 0) is 37.1 Å². The van der Waals surface area contributed by atoms with Crippen LogP contribution in [-0.2, 0) is 21.0 Å². The van der Waals surface area contributed by atoms with Gasteiger partial charge in [-0.3, -0.25) is 10.1 Å². The molecule has 1 aromatic carbocycles. The van der Waals surface area contributed by atoms with E-state index in [1.807, 2.05) is 23.8 Å². The van der Waals surface area contributed by atoms with E-state index in [1.54, 1.807) is 12.1 Å². The van der Waals surface area contributed by atoms with Gasteiger partial charge in [0.15, 0.2) is 0 Å². The van der Waals surface area contributed by atoms with Crippen LogP contribution in [0.5, 0.6) is 0 Å². The summed E-state index contributed by atoms with van der Waals surface area (Å²) in [5.41, 5.74) is 9.04. The van der Waals surface area contributed by atoms with Crippen LogP contribution in [0.15, 0.2) is 24.4 Å². The van der Waals surface area contributed by atoms with Crippen LogP contribution in [0.4, 0.5) is 16.2 Å². The number of nitrogens with one attached hydrogen (secondary N) is 2. The van der Waals surface area contributed by atoms with Crippen molar-refractivity contribution in [2.75, 3.05) is 24.4 Å². The van der Waals surface area contributed by atoms with E-state index in [0.717, 1.165) is 36.7 Å². The minimum absolute atomic E-state index is 0.0834. The summed E-state index contributed by atoms with van der Waals surface area (Å²) in [5, 5.41) is 5.66. The number of methoxy groups -OCH3 is 1. The van der Waals surface area contributed by atoms with E-state index < -0.39 is 14.2 Å². The molecule has 2 amide bonds. The molecule has 186 valence electrons. The van der Waals surface area contributed by atoms with Crippen LogP contribution in [0.1, 0.15) is 38.1 Å². The number of anilines is 2. The number of rotatable bonds is 6. The van der Waals surface area contributed by atoms with Crippen molar-refractivity contribution in [3.8, 4) is 11.3 Å². The van der Waals surface area contributed by atoms with Gasteiger partial charge in [-0.15, -0.1) is 0 Å². The van der Waals surface area contributed by atoms with E-state index in [-0.39, 0.29) is 17.9 Å². The molecular formula is C24H37N5O4Si. The molecule has 0 saturated carbocycles. The number of benzene rings is 1. The maximum Gasteiger partial charge on any atom is 0.411 e. The van der Waals surface area contributed by atoms with E-state index in [4.69, 9.17) is 15.5 Å². The Morgan fingerprint density at radius 3 is 2.79 bits per heavy atom. The van der Waals surface area contributed by atoms with Crippen molar-refractivity contribution in [3.63, 3.8) is 0 Å². The minimum Gasteiger partial charge on any atom is -0.453 e. The van der Waals surface area contributed by atoms with Gasteiger partial charge in [0.2, 0.25) is 5.91 Å². The van der Waals surface area contributed by atoms with Crippen molar-refractivity contribution in [1.29, 1.82) is 0 Å². The Morgan fingerprint density at radius 2 is 2.09 bits per heavy atom. The Hall–Kier alpha value is -2.69. The van der Waals surface area contributed by atoms with Crippen molar-refractivity contribution in [2.24, 2.45) is 11.7 Å². The summed E-state index contributed by atoms with van der Waals surface area (Å²) in [5.74, 6) is 0.511. The van der Waals surface area contributed by atoms with Crippen molar-refractivity contribution in [2.45, 2.75) is 64.6 Å². The fraction of sp³-hybridized carbons (Fsp3) is 0.542. The number of hydrogen-bond donors (Lipinski definition) is 3. The summed E-state index contributed by atoms with van der Waals surface area (Å²) in [6.07, 6.45) is 3.60. The highest BCUT2D eigenvalue weighted by Crippen LogP contribution is 2.33. The van der Waals surface area contributed by atoms with E-state index in [0.29, 0.717) is 30.4 Å². The summed E-state index contributed by atoms with van der Waals surface area (Å²) >= 11 is 0. The molecule has 2 heterocycles. The molecule has 0 aliphatic carbocycles. The van der Waals surface area contributed by atoms with E-state index in [1.165, 1.54) is 7.11 Å². The van der Waals surface area contributed by atoms with Gasteiger partial charge in [0.25, 0.3) is 0 Å². The lowest BCUT2D eigenvalue weighted by atomic mass is 9.99. The molecule has 0 saturated heterocycles. The quantitative estimate of drug-likeness (QED) is 0.398. The molecule has 10 heteroatoms. The van der Waals surface area contributed by atoms with Gasteiger partial charge < -0.3 is 25.1 Å². The summed E-state index contributed by atoms with van der Waals surface area (Å²) in [4.78, 5) is 29.4. The Morgan fingerprint density at radius 1 is 1.32 bits per heavy atom. The van der Waals surface area contributed by atoms with Crippen LogP contribution in [0, 0.1) is 5.92 Å². The second-order valence-corrected chi connectivity index (χ2v) is 15.7. The highest BCUT2D eigenvalue weighted by atomic mass is 28.3. The number of ether oxygens (including phenoxy) is 2. The molecule has 2 bridgehead atoms. The fourth-order valence-electron chi connectivity index (χ4n) is 3.78. The number of nitrogens with two attached hydrogens (primary N) is 1. The van der Waals surface area contributed by atoms with E-state index in [2.05, 4.69) is 35.0 Å². The molecule has 0 spiro atoms. The van der Waals surface area contributed by atoms with Crippen molar-refractivity contribution < 1.29 is 19.1 Å². The zero-order chi connectivity index (χ0) is 24.9. The first-order valence-electron chi connectivity index (χ1n) is 11.8. The van der Waals surface area contributed by atoms with Gasteiger partial charge in [0.05, 0.1) is 24.5 Å². The monoisotopic (exact) mass is 487 g/mol. The molecule has 3 rings (SSSR count). The number of carbonyl (C=O) groups is 2. The second-order valence-electron chi connectivity index (χ2n) is 10.1. The Kier molecular flexibility index (Phi) is 8.50. The van der Waals surface area contributed by atoms with Gasteiger partial charge in [-0.25, -0.2) is 9.78 Å². The summed E-state index contributed by atoms with van der Waals surface area (Å²) in [6, 6.07) is 6.11. The molecule has 0 fully saturated rings. The van der Waals surface area contributed by atoms with Crippen LogP contribution in [0.25, 0.3) is 11.3 Å². The van der Waals surface area contributed by atoms with Crippen LogP contribution >= 0.6 is 0 Å². The largest absolute Gasteiger partial charge is 0.453 e. The molecule has 9 nitrogen and oxygen atoms in total. The standard InChI is InChI=1S/C24H37N5O4Si/c1-16-7-6-8-19(25)22-27-21(14-29(22)15-33-11-12-34(3,4)5)18-10-9-17(26-24(31)32-2)13-20(18)28-23(16)30/h9-10,13-14,16,19H,6-8,11-12,15,25H2,1-5H3,(H,26,31)(H,28,30)/t16-,19+/m1/s1. The maximum atomic E-state index is 12.9. The first-order valence-corrected chi connectivity index (χ1v) is 15.5. The number of amides is 2. The Labute approximate surface area is 202 Å². The predicted octanol–water partition coefficient (Wildman–Crippen LogP) is 4.80. The first-order chi connectivity index (χ1) is 16.1. The number of imidazole rings is 1. The smallest absolute Gasteiger partial charge is 0.411 e. The molecular weight excluding hydrogens is 450 g/mol. The molecule has 0 unspecified atom stereocenters. The molecule has 4 N–H and O–H groups in total. The molecule has 1 aliphatic heterocycles. The third-order valence-electron chi connectivity index (χ3n) is 5.95. The Balaban J connectivity index is 1.97. The summed E-state index contributed by atoms with van der Waals surface area (Å²) < 4.78 is 12.6. The predicted molar refractivity (Wildman–Crippen MR) is 136 cm³/mol. The highest BCUT2D eigenvalue weighted by molar-refractivity contribution is 6.76. The normalized spacial score (nSPS) is 18.8. The maximum absolute atomic E-state index is 12.9. The van der Waals surface area contributed by atoms with Gasteiger partial charge in [0.1, 0.15) is 12.6 Å². The van der Waals surface area contributed by atoms with E-state index in [9.17, 15) is 9.59 Å². The molecule has 2 atom stereocenters. The topological polar surface area (TPSA) is 121 Å². The molecule has 1 aliphatic rings. The SMILES string of the molecule is COC(=O)Nc1ccc2c(c1)NC(=O)[C@H](C)CCC[C@H](N)c1nc-2cn1COCC[Si](C)(C)C. The summed E-state index contributed by atoms with van der Waals surface area (Å²) in [6.45, 7) is 9.95. The van der Waals surface area contributed by atoms with Crippen molar-refractivity contribution >= 4 is 31.4 Å². The number of carbonyl (C=O) groups excluding carboxylic acids is 2. The number of fused-ring (bicyclic) bond motifs is 4. The minimum atomic E-state index is -1.19. The van der Waals surface area contributed by atoms with Gasteiger partial charge in [-0.2, -0.15) is 0 Å². The Bertz CT molecular complexity index is 1020. The van der Waals surface area contributed by atoms with Gasteiger partial charge in [0, 0.05) is 38.0 Å².